The topological polar surface area (TPSA) is 0 Å². The normalized spacial score (nSPS) is 10.8. The zero-order valence-corrected chi connectivity index (χ0v) is 9.30. The minimum atomic E-state index is -0.189. The first kappa shape index (κ1) is 9.55. The van der Waals surface area contributed by atoms with E-state index in [1.807, 2.05) is 18.2 Å². The number of rotatable bonds is 1. The van der Waals surface area contributed by atoms with E-state index in [1.54, 1.807) is 23.5 Å². The van der Waals surface area contributed by atoms with Crippen LogP contribution in [0.3, 0.4) is 0 Å². The molecule has 0 aliphatic heterocycles. The molecule has 0 radical (unpaired) electrons. The Morgan fingerprint density at radius 2 is 1.81 bits per heavy atom. The van der Waals surface area contributed by atoms with Gasteiger partial charge in [-0.05, 0) is 40.1 Å². The van der Waals surface area contributed by atoms with Crippen molar-refractivity contribution in [2.24, 2.45) is 0 Å². The van der Waals surface area contributed by atoms with Gasteiger partial charge in [-0.3, -0.25) is 0 Å². The number of hydrogen-bond donors (Lipinski definition) is 0. The van der Waals surface area contributed by atoms with Crippen molar-refractivity contribution in [2.75, 3.05) is 0 Å². The molecule has 1 aromatic heterocycles. The minimum absolute atomic E-state index is 0.189. The van der Waals surface area contributed by atoms with E-state index in [2.05, 4.69) is 17.5 Å². The Kier molecular flexibility index (Phi) is 2.22. The molecule has 1 heterocycles. The van der Waals surface area contributed by atoms with E-state index in [-0.39, 0.29) is 5.82 Å². The fourth-order valence-electron chi connectivity index (χ4n) is 1.88. The highest BCUT2D eigenvalue weighted by atomic mass is 32.1. The van der Waals surface area contributed by atoms with Crippen molar-refractivity contribution in [1.29, 1.82) is 0 Å². The Bertz CT molecular complexity index is 640. The standard InChI is InChI=1S/C14H9FS/c15-12-5-1-4-11(9-12)13-6-2-3-10-7-8-16-14(10)13/h1-9H. The quantitative estimate of drug-likeness (QED) is 0.566. The van der Waals surface area contributed by atoms with Crippen LogP contribution in [0.1, 0.15) is 0 Å². The maximum atomic E-state index is 13.2. The highest BCUT2D eigenvalue weighted by molar-refractivity contribution is 7.17. The van der Waals surface area contributed by atoms with E-state index in [9.17, 15) is 4.39 Å². The first-order chi connectivity index (χ1) is 7.84. The van der Waals surface area contributed by atoms with Gasteiger partial charge >= 0.3 is 0 Å². The zero-order valence-electron chi connectivity index (χ0n) is 8.48. The van der Waals surface area contributed by atoms with E-state index >= 15 is 0 Å². The molecule has 0 aliphatic rings. The van der Waals surface area contributed by atoms with E-state index in [1.165, 1.54) is 16.2 Å². The van der Waals surface area contributed by atoms with Crippen LogP contribution < -0.4 is 0 Å². The fraction of sp³-hybridized carbons (Fsp3) is 0. The van der Waals surface area contributed by atoms with Gasteiger partial charge in [-0.25, -0.2) is 4.39 Å². The molecule has 0 atom stereocenters. The van der Waals surface area contributed by atoms with E-state index in [0.29, 0.717) is 0 Å². The Morgan fingerprint density at radius 1 is 0.938 bits per heavy atom. The number of fused-ring (bicyclic) bond motifs is 1. The Balaban J connectivity index is 2.29. The molecule has 0 nitrogen and oxygen atoms in total. The van der Waals surface area contributed by atoms with Gasteiger partial charge in [0.15, 0.2) is 0 Å². The predicted molar refractivity (Wildman–Crippen MR) is 67.2 cm³/mol. The van der Waals surface area contributed by atoms with Crippen LogP contribution in [-0.4, -0.2) is 0 Å². The third-order valence-electron chi connectivity index (χ3n) is 2.61. The summed E-state index contributed by atoms with van der Waals surface area (Å²) in [6, 6.07) is 14.9. The molecule has 0 spiro atoms. The lowest BCUT2D eigenvalue weighted by molar-refractivity contribution is 0.628. The van der Waals surface area contributed by atoms with E-state index < -0.39 is 0 Å². The molecule has 3 aromatic rings. The van der Waals surface area contributed by atoms with Gasteiger partial charge in [0.2, 0.25) is 0 Å². The molecular weight excluding hydrogens is 219 g/mol. The first-order valence-corrected chi connectivity index (χ1v) is 5.95. The molecule has 0 unspecified atom stereocenters. The van der Waals surface area contributed by atoms with Gasteiger partial charge in [0, 0.05) is 4.70 Å². The number of thiophene rings is 1. The van der Waals surface area contributed by atoms with Crippen molar-refractivity contribution in [3.05, 3.63) is 59.7 Å². The van der Waals surface area contributed by atoms with Gasteiger partial charge in [0.05, 0.1) is 0 Å². The van der Waals surface area contributed by atoms with Crippen molar-refractivity contribution < 1.29 is 4.39 Å². The lowest BCUT2D eigenvalue weighted by atomic mass is 10.0. The molecule has 0 fully saturated rings. The highest BCUT2D eigenvalue weighted by Gasteiger charge is 2.04. The zero-order chi connectivity index (χ0) is 11.0. The summed E-state index contributed by atoms with van der Waals surface area (Å²) in [6.45, 7) is 0. The van der Waals surface area contributed by atoms with Gasteiger partial charge in [0.25, 0.3) is 0 Å². The van der Waals surface area contributed by atoms with Crippen LogP contribution in [0.25, 0.3) is 21.2 Å². The maximum absolute atomic E-state index is 13.2. The second-order valence-corrected chi connectivity index (χ2v) is 4.57. The molecular formula is C14H9FS. The molecule has 0 saturated heterocycles. The number of benzene rings is 2. The van der Waals surface area contributed by atoms with Gasteiger partial charge in [-0.1, -0.05) is 30.3 Å². The molecule has 0 N–H and O–H groups in total. The molecule has 2 aromatic carbocycles. The first-order valence-electron chi connectivity index (χ1n) is 5.07. The van der Waals surface area contributed by atoms with Crippen LogP contribution in [0.5, 0.6) is 0 Å². The van der Waals surface area contributed by atoms with Gasteiger partial charge in [0.1, 0.15) is 5.82 Å². The second kappa shape index (κ2) is 3.72. The van der Waals surface area contributed by atoms with E-state index in [4.69, 9.17) is 0 Å². The minimum Gasteiger partial charge on any atom is -0.207 e. The molecule has 0 bridgehead atoms. The third-order valence-corrected chi connectivity index (χ3v) is 3.58. The van der Waals surface area contributed by atoms with Gasteiger partial charge in [-0.15, -0.1) is 11.3 Å². The van der Waals surface area contributed by atoms with Crippen LogP contribution >= 0.6 is 11.3 Å². The average Bonchev–Trinajstić information content (AvgIpc) is 2.76. The lowest BCUT2D eigenvalue weighted by Crippen LogP contribution is -1.79. The molecule has 0 saturated carbocycles. The van der Waals surface area contributed by atoms with Crippen molar-refractivity contribution in [1.82, 2.24) is 0 Å². The Labute approximate surface area is 97.0 Å². The molecule has 16 heavy (non-hydrogen) atoms. The van der Waals surface area contributed by atoms with Crippen molar-refractivity contribution in [3.63, 3.8) is 0 Å². The Hall–Kier alpha value is -1.67. The second-order valence-electron chi connectivity index (χ2n) is 3.65. The molecule has 3 rings (SSSR count). The summed E-state index contributed by atoms with van der Waals surface area (Å²) in [7, 11) is 0. The van der Waals surface area contributed by atoms with Crippen LogP contribution in [0, 0.1) is 5.82 Å². The number of halogens is 1. The summed E-state index contributed by atoms with van der Waals surface area (Å²) >= 11 is 1.69. The SMILES string of the molecule is Fc1cccc(-c2cccc3ccsc23)c1. The van der Waals surface area contributed by atoms with Gasteiger partial charge in [-0.2, -0.15) is 0 Å². The summed E-state index contributed by atoms with van der Waals surface area (Å²) in [6.07, 6.45) is 0. The van der Waals surface area contributed by atoms with Crippen LogP contribution in [0.15, 0.2) is 53.9 Å². The summed E-state index contributed by atoms with van der Waals surface area (Å²) in [5, 5.41) is 3.28. The fourth-order valence-corrected chi connectivity index (χ4v) is 2.81. The third kappa shape index (κ3) is 1.51. The smallest absolute Gasteiger partial charge is 0.123 e. The van der Waals surface area contributed by atoms with Gasteiger partial charge < -0.3 is 0 Å². The van der Waals surface area contributed by atoms with Crippen LogP contribution in [-0.2, 0) is 0 Å². The molecule has 2 heteroatoms. The maximum Gasteiger partial charge on any atom is 0.123 e. The summed E-state index contributed by atoms with van der Waals surface area (Å²) in [4.78, 5) is 0. The van der Waals surface area contributed by atoms with Crippen molar-refractivity contribution >= 4 is 21.4 Å². The average molecular weight is 228 g/mol. The largest absolute Gasteiger partial charge is 0.207 e. The molecule has 78 valence electrons. The van der Waals surface area contributed by atoms with Crippen molar-refractivity contribution in [2.45, 2.75) is 0 Å². The monoisotopic (exact) mass is 228 g/mol. The molecule has 0 amide bonds. The lowest BCUT2D eigenvalue weighted by Gasteiger charge is -2.03. The number of hydrogen-bond acceptors (Lipinski definition) is 1. The van der Waals surface area contributed by atoms with Crippen LogP contribution in [0.4, 0.5) is 4.39 Å². The summed E-state index contributed by atoms with van der Waals surface area (Å²) in [5.41, 5.74) is 2.04. The summed E-state index contributed by atoms with van der Waals surface area (Å²) in [5.74, 6) is -0.189. The van der Waals surface area contributed by atoms with Crippen molar-refractivity contribution in [3.8, 4) is 11.1 Å². The molecule has 0 aliphatic carbocycles. The highest BCUT2D eigenvalue weighted by Crippen LogP contribution is 2.32. The van der Waals surface area contributed by atoms with Crippen LogP contribution in [0.2, 0.25) is 0 Å². The Morgan fingerprint density at radius 3 is 2.69 bits per heavy atom. The summed E-state index contributed by atoms with van der Waals surface area (Å²) < 4.78 is 14.4. The van der Waals surface area contributed by atoms with E-state index in [0.717, 1.165) is 11.1 Å². The predicted octanol–water partition coefficient (Wildman–Crippen LogP) is 4.71.